The highest BCUT2D eigenvalue weighted by molar-refractivity contribution is 14.0. The summed E-state index contributed by atoms with van der Waals surface area (Å²) in [6.45, 7) is 14.2. The molecule has 1 aromatic rings. The van der Waals surface area contributed by atoms with Gasteiger partial charge < -0.3 is 20.7 Å². The topological polar surface area (TPSA) is 74.8 Å². The molecular formula is C20H33IN4O2. The van der Waals surface area contributed by atoms with Gasteiger partial charge in [-0.05, 0) is 13.0 Å². The maximum absolute atomic E-state index is 11.9. The summed E-state index contributed by atoms with van der Waals surface area (Å²) in [7, 11) is 0. The quantitative estimate of drug-likeness (QED) is 0.164. The van der Waals surface area contributed by atoms with E-state index in [0.29, 0.717) is 32.2 Å². The summed E-state index contributed by atoms with van der Waals surface area (Å²) in [5.41, 5.74) is 0.626. The van der Waals surface area contributed by atoms with E-state index in [2.05, 4.69) is 27.5 Å². The predicted octanol–water partition coefficient (Wildman–Crippen LogP) is 3.09. The van der Waals surface area contributed by atoms with Crippen LogP contribution in [0.15, 0.2) is 41.9 Å². The first kappa shape index (κ1) is 25.2. The van der Waals surface area contributed by atoms with Gasteiger partial charge in [-0.15, -0.1) is 24.0 Å². The SMILES string of the molecule is C=CCOc1ccccc1CN=C(NCC)NCCNC(=O)C(C)(C)C.I. The first-order valence-electron chi connectivity index (χ1n) is 9.00. The molecule has 152 valence electrons. The molecule has 0 fully saturated rings. The number of hydrogen-bond donors (Lipinski definition) is 3. The highest BCUT2D eigenvalue weighted by atomic mass is 127. The zero-order chi connectivity index (χ0) is 19.4. The molecule has 0 atom stereocenters. The van der Waals surface area contributed by atoms with Crippen LogP contribution in [0.3, 0.4) is 0 Å². The predicted molar refractivity (Wildman–Crippen MR) is 123 cm³/mol. The number of amides is 1. The van der Waals surface area contributed by atoms with Crippen molar-refractivity contribution in [2.75, 3.05) is 26.2 Å². The van der Waals surface area contributed by atoms with E-state index in [1.165, 1.54) is 0 Å². The van der Waals surface area contributed by atoms with Crippen LogP contribution in [-0.4, -0.2) is 38.1 Å². The minimum absolute atomic E-state index is 0. The number of aliphatic imine (C=N–C) groups is 1. The second-order valence-electron chi connectivity index (χ2n) is 6.84. The Hall–Kier alpha value is -1.77. The Labute approximate surface area is 180 Å². The molecule has 1 aromatic carbocycles. The van der Waals surface area contributed by atoms with Gasteiger partial charge in [0, 0.05) is 30.6 Å². The standard InChI is InChI=1S/C20H32N4O2.HI/c1-6-14-26-17-11-9-8-10-16(17)15-24-19(21-7-2)23-13-12-22-18(25)20(3,4)5;/h6,8-11H,1,7,12-15H2,2-5H3,(H,22,25)(H2,21,23,24);1H. The number of carbonyl (C=O) groups excluding carboxylic acids is 1. The average Bonchev–Trinajstić information content (AvgIpc) is 2.61. The van der Waals surface area contributed by atoms with E-state index in [1.807, 2.05) is 52.0 Å². The highest BCUT2D eigenvalue weighted by Gasteiger charge is 2.20. The zero-order valence-corrected chi connectivity index (χ0v) is 19.1. The lowest BCUT2D eigenvalue weighted by Crippen LogP contribution is -2.43. The molecule has 1 rings (SSSR count). The lowest BCUT2D eigenvalue weighted by Gasteiger charge is -2.18. The molecule has 0 saturated heterocycles. The number of hydrogen-bond acceptors (Lipinski definition) is 3. The molecule has 0 heterocycles. The van der Waals surface area contributed by atoms with Crippen molar-refractivity contribution in [1.82, 2.24) is 16.0 Å². The summed E-state index contributed by atoms with van der Waals surface area (Å²) < 4.78 is 5.66. The van der Waals surface area contributed by atoms with Crippen LogP contribution in [0.4, 0.5) is 0 Å². The van der Waals surface area contributed by atoms with Gasteiger partial charge in [0.1, 0.15) is 12.4 Å². The largest absolute Gasteiger partial charge is 0.489 e. The Bertz CT molecular complexity index is 612. The van der Waals surface area contributed by atoms with Gasteiger partial charge in [0.2, 0.25) is 5.91 Å². The van der Waals surface area contributed by atoms with Gasteiger partial charge in [0.15, 0.2) is 5.96 Å². The third-order valence-corrected chi connectivity index (χ3v) is 3.47. The van der Waals surface area contributed by atoms with Crippen LogP contribution in [0.5, 0.6) is 5.75 Å². The van der Waals surface area contributed by atoms with Crippen molar-refractivity contribution in [2.45, 2.75) is 34.2 Å². The molecule has 0 unspecified atom stereocenters. The van der Waals surface area contributed by atoms with Crippen molar-refractivity contribution >= 4 is 35.8 Å². The summed E-state index contributed by atoms with van der Waals surface area (Å²) in [6, 6.07) is 7.83. The van der Waals surface area contributed by atoms with Gasteiger partial charge in [0.25, 0.3) is 0 Å². The number of ether oxygens (including phenoxy) is 1. The normalized spacial score (nSPS) is 11.2. The molecule has 3 N–H and O–H groups in total. The Balaban J connectivity index is 0.00000676. The van der Waals surface area contributed by atoms with E-state index in [-0.39, 0.29) is 35.3 Å². The smallest absolute Gasteiger partial charge is 0.225 e. The summed E-state index contributed by atoms with van der Waals surface area (Å²) in [4.78, 5) is 16.5. The minimum Gasteiger partial charge on any atom is -0.489 e. The van der Waals surface area contributed by atoms with Gasteiger partial charge in [-0.25, -0.2) is 4.99 Å². The number of benzene rings is 1. The highest BCUT2D eigenvalue weighted by Crippen LogP contribution is 2.18. The van der Waals surface area contributed by atoms with Crippen molar-refractivity contribution in [1.29, 1.82) is 0 Å². The van der Waals surface area contributed by atoms with Crippen LogP contribution in [0, 0.1) is 5.41 Å². The molecule has 0 radical (unpaired) electrons. The maximum Gasteiger partial charge on any atom is 0.225 e. The van der Waals surface area contributed by atoms with Gasteiger partial charge >= 0.3 is 0 Å². The molecule has 0 aliphatic rings. The van der Waals surface area contributed by atoms with E-state index in [0.717, 1.165) is 17.9 Å². The molecule has 0 aromatic heterocycles. The van der Waals surface area contributed by atoms with E-state index in [4.69, 9.17) is 4.74 Å². The summed E-state index contributed by atoms with van der Waals surface area (Å²) in [5, 5.41) is 9.34. The summed E-state index contributed by atoms with van der Waals surface area (Å²) >= 11 is 0. The van der Waals surface area contributed by atoms with Gasteiger partial charge in [-0.2, -0.15) is 0 Å². The third kappa shape index (κ3) is 10.2. The number of nitrogens with one attached hydrogen (secondary N) is 3. The molecular weight excluding hydrogens is 455 g/mol. The van der Waals surface area contributed by atoms with E-state index in [9.17, 15) is 4.79 Å². The Morgan fingerprint density at radius 2 is 1.85 bits per heavy atom. The van der Waals surface area contributed by atoms with Crippen LogP contribution in [0.1, 0.15) is 33.3 Å². The maximum atomic E-state index is 11.9. The van der Waals surface area contributed by atoms with Crippen LogP contribution >= 0.6 is 24.0 Å². The molecule has 0 aliphatic carbocycles. The van der Waals surface area contributed by atoms with Crippen LogP contribution in [0.25, 0.3) is 0 Å². The minimum atomic E-state index is -0.381. The number of guanidine groups is 1. The van der Waals surface area contributed by atoms with E-state index in [1.54, 1.807) is 6.08 Å². The summed E-state index contributed by atoms with van der Waals surface area (Å²) in [6.07, 6.45) is 1.72. The second-order valence-corrected chi connectivity index (χ2v) is 6.84. The fourth-order valence-corrected chi connectivity index (χ4v) is 2.05. The molecule has 0 saturated carbocycles. The first-order chi connectivity index (χ1) is 12.4. The molecule has 6 nitrogen and oxygen atoms in total. The zero-order valence-electron chi connectivity index (χ0n) is 16.8. The molecule has 27 heavy (non-hydrogen) atoms. The number of rotatable bonds is 9. The van der Waals surface area contributed by atoms with Crippen molar-refractivity contribution in [3.63, 3.8) is 0 Å². The fourth-order valence-electron chi connectivity index (χ4n) is 2.05. The van der Waals surface area contributed by atoms with Crippen LogP contribution < -0.4 is 20.7 Å². The van der Waals surface area contributed by atoms with Crippen LogP contribution in [0.2, 0.25) is 0 Å². The Morgan fingerprint density at radius 3 is 2.48 bits per heavy atom. The van der Waals surface area contributed by atoms with Crippen molar-refractivity contribution in [3.05, 3.63) is 42.5 Å². The Morgan fingerprint density at radius 1 is 1.19 bits per heavy atom. The van der Waals surface area contributed by atoms with Gasteiger partial charge in [-0.3, -0.25) is 4.79 Å². The number of halogens is 1. The lowest BCUT2D eigenvalue weighted by atomic mass is 9.96. The van der Waals surface area contributed by atoms with Crippen LogP contribution in [-0.2, 0) is 11.3 Å². The monoisotopic (exact) mass is 488 g/mol. The van der Waals surface area contributed by atoms with E-state index >= 15 is 0 Å². The average molecular weight is 488 g/mol. The fraction of sp³-hybridized carbons (Fsp3) is 0.500. The summed E-state index contributed by atoms with van der Waals surface area (Å²) in [5.74, 6) is 1.55. The number of carbonyl (C=O) groups is 1. The van der Waals surface area contributed by atoms with Crippen molar-refractivity contribution < 1.29 is 9.53 Å². The number of para-hydroxylation sites is 1. The molecule has 0 aliphatic heterocycles. The van der Waals surface area contributed by atoms with Crippen molar-refractivity contribution in [2.24, 2.45) is 10.4 Å². The van der Waals surface area contributed by atoms with E-state index < -0.39 is 0 Å². The first-order valence-corrected chi connectivity index (χ1v) is 9.00. The third-order valence-electron chi connectivity index (χ3n) is 3.47. The lowest BCUT2D eigenvalue weighted by molar-refractivity contribution is -0.128. The van der Waals surface area contributed by atoms with Crippen molar-refractivity contribution in [3.8, 4) is 5.75 Å². The molecule has 7 heteroatoms. The molecule has 1 amide bonds. The second kappa shape index (κ2) is 13.4. The Kier molecular flexibility index (Phi) is 12.5. The van der Waals surface area contributed by atoms with Gasteiger partial charge in [-0.1, -0.05) is 51.6 Å². The molecule has 0 bridgehead atoms. The molecule has 0 spiro atoms. The number of nitrogens with zero attached hydrogens (tertiary/aromatic N) is 1. The van der Waals surface area contributed by atoms with Gasteiger partial charge in [0.05, 0.1) is 6.54 Å².